The van der Waals surface area contributed by atoms with Gasteiger partial charge in [-0.2, -0.15) is 9.50 Å². The first-order valence-electron chi connectivity index (χ1n) is 7.37. The lowest BCUT2D eigenvalue weighted by Crippen LogP contribution is -1.97. The summed E-state index contributed by atoms with van der Waals surface area (Å²) >= 11 is 5.94. The predicted molar refractivity (Wildman–Crippen MR) is 93.2 cm³/mol. The zero-order valence-electron chi connectivity index (χ0n) is 12.8. The van der Waals surface area contributed by atoms with Crippen LogP contribution in [0.4, 0.5) is 0 Å². The second-order valence-corrected chi connectivity index (χ2v) is 5.62. The van der Waals surface area contributed by atoms with Crippen LogP contribution in [-0.2, 0) is 0 Å². The zero-order valence-corrected chi connectivity index (χ0v) is 13.6. The van der Waals surface area contributed by atoms with Crippen molar-refractivity contribution in [1.82, 2.24) is 19.6 Å². The number of rotatable bonds is 3. The molecule has 2 aromatic carbocycles. The Balaban J connectivity index is 1.90. The number of nitrogens with zero attached hydrogens (tertiary/aromatic N) is 4. The normalized spacial score (nSPS) is 10.9. The van der Waals surface area contributed by atoms with E-state index < -0.39 is 0 Å². The zero-order chi connectivity index (χ0) is 16.5. The third kappa shape index (κ3) is 2.49. The fourth-order valence-corrected chi connectivity index (χ4v) is 2.70. The number of halogens is 1. The molecule has 0 aliphatic rings. The highest BCUT2D eigenvalue weighted by molar-refractivity contribution is 6.30. The number of benzene rings is 2. The summed E-state index contributed by atoms with van der Waals surface area (Å²) in [6.45, 7) is 0. The molecule has 0 bridgehead atoms. The lowest BCUT2D eigenvalue weighted by molar-refractivity contribution is 0.416. The SMILES string of the molecule is COc1ccccc1-c1ccnc2nc(-c3ccc(Cl)cc3)nn12. The number of para-hydroxylation sites is 1. The molecule has 0 aliphatic heterocycles. The van der Waals surface area contributed by atoms with Gasteiger partial charge in [0.25, 0.3) is 5.78 Å². The maximum atomic E-state index is 5.94. The van der Waals surface area contributed by atoms with Gasteiger partial charge in [-0.25, -0.2) is 4.98 Å². The molecule has 0 radical (unpaired) electrons. The predicted octanol–water partition coefficient (Wildman–Crippen LogP) is 4.12. The molecule has 0 saturated heterocycles. The monoisotopic (exact) mass is 336 g/mol. The van der Waals surface area contributed by atoms with Crippen molar-refractivity contribution in [2.45, 2.75) is 0 Å². The minimum absolute atomic E-state index is 0.531. The Bertz CT molecular complexity index is 1010. The van der Waals surface area contributed by atoms with Gasteiger partial charge in [0.05, 0.1) is 12.8 Å². The number of hydrogen-bond donors (Lipinski definition) is 0. The third-order valence-corrected chi connectivity index (χ3v) is 3.98. The molecule has 0 spiro atoms. The van der Waals surface area contributed by atoms with Gasteiger partial charge in [-0.05, 0) is 42.5 Å². The molecular formula is C18H13ClN4O. The summed E-state index contributed by atoms with van der Waals surface area (Å²) in [6.07, 6.45) is 1.72. The first-order valence-corrected chi connectivity index (χ1v) is 7.75. The van der Waals surface area contributed by atoms with Crippen LogP contribution in [0, 0.1) is 0 Å². The van der Waals surface area contributed by atoms with Crippen LogP contribution < -0.4 is 4.74 Å². The van der Waals surface area contributed by atoms with Gasteiger partial charge in [0.15, 0.2) is 5.82 Å². The van der Waals surface area contributed by atoms with Crippen molar-refractivity contribution in [2.75, 3.05) is 7.11 Å². The summed E-state index contributed by atoms with van der Waals surface area (Å²) in [6, 6.07) is 17.1. The van der Waals surface area contributed by atoms with Crippen LogP contribution in [0.3, 0.4) is 0 Å². The lowest BCUT2D eigenvalue weighted by Gasteiger charge is -2.08. The van der Waals surface area contributed by atoms with Gasteiger partial charge in [0, 0.05) is 22.3 Å². The Morgan fingerprint density at radius 1 is 1.00 bits per heavy atom. The molecule has 118 valence electrons. The standard InChI is InChI=1S/C18H13ClN4O/c1-24-16-5-3-2-4-14(16)15-10-11-20-18-21-17(22-23(15)18)12-6-8-13(19)9-7-12/h2-11H,1H3. The van der Waals surface area contributed by atoms with Crippen molar-refractivity contribution in [2.24, 2.45) is 0 Å². The molecule has 6 heteroatoms. The average Bonchev–Trinajstić information content (AvgIpc) is 3.06. The van der Waals surface area contributed by atoms with Gasteiger partial charge in [-0.1, -0.05) is 23.7 Å². The molecule has 2 aromatic heterocycles. The molecule has 0 amide bonds. The van der Waals surface area contributed by atoms with E-state index in [1.807, 2.05) is 54.6 Å². The van der Waals surface area contributed by atoms with Crippen LogP contribution in [0.2, 0.25) is 5.02 Å². The molecule has 0 fully saturated rings. The topological polar surface area (TPSA) is 52.3 Å². The Morgan fingerprint density at radius 3 is 2.58 bits per heavy atom. The molecule has 0 atom stereocenters. The van der Waals surface area contributed by atoms with Crippen LogP contribution in [0.15, 0.2) is 60.8 Å². The molecule has 2 heterocycles. The van der Waals surface area contributed by atoms with E-state index in [1.165, 1.54) is 0 Å². The molecule has 0 aliphatic carbocycles. The molecule has 4 rings (SSSR count). The van der Waals surface area contributed by atoms with Crippen molar-refractivity contribution in [1.29, 1.82) is 0 Å². The van der Waals surface area contributed by atoms with Gasteiger partial charge in [0.2, 0.25) is 0 Å². The van der Waals surface area contributed by atoms with Gasteiger partial charge in [-0.3, -0.25) is 0 Å². The summed E-state index contributed by atoms with van der Waals surface area (Å²) in [7, 11) is 1.65. The minimum Gasteiger partial charge on any atom is -0.496 e. The van der Waals surface area contributed by atoms with E-state index >= 15 is 0 Å². The molecular weight excluding hydrogens is 324 g/mol. The van der Waals surface area contributed by atoms with E-state index in [4.69, 9.17) is 16.3 Å². The second kappa shape index (κ2) is 5.94. The Hall–Kier alpha value is -2.92. The fraction of sp³-hybridized carbons (Fsp3) is 0.0556. The highest BCUT2D eigenvalue weighted by Crippen LogP contribution is 2.29. The van der Waals surface area contributed by atoms with E-state index in [9.17, 15) is 0 Å². The maximum Gasteiger partial charge on any atom is 0.253 e. The summed E-state index contributed by atoms with van der Waals surface area (Å²) in [5.74, 6) is 1.90. The smallest absolute Gasteiger partial charge is 0.253 e. The summed E-state index contributed by atoms with van der Waals surface area (Å²) in [5, 5.41) is 5.29. The van der Waals surface area contributed by atoms with Crippen molar-refractivity contribution < 1.29 is 4.74 Å². The first-order chi connectivity index (χ1) is 11.8. The van der Waals surface area contributed by atoms with Crippen LogP contribution in [0.5, 0.6) is 5.75 Å². The molecule has 4 aromatic rings. The van der Waals surface area contributed by atoms with Gasteiger partial charge < -0.3 is 4.74 Å². The molecule has 5 nitrogen and oxygen atoms in total. The van der Waals surface area contributed by atoms with Crippen molar-refractivity contribution >= 4 is 17.4 Å². The van der Waals surface area contributed by atoms with Crippen LogP contribution >= 0.6 is 11.6 Å². The highest BCUT2D eigenvalue weighted by atomic mass is 35.5. The van der Waals surface area contributed by atoms with Gasteiger partial charge in [-0.15, -0.1) is 5.10 Å². The third-order valence-electron chi connectivity index (χ3n) is 3.73. The Kier molecular flexibility index (Phi) is 3.63. The molecule has 0 unspecified atom stereocenters. The fourth-order valence-electron chi connectivity index (χ4n) is 2.58. The molecule has 0 saturated carbocycles. The number of ether oxygens (including phenoxy) is 1. The Morgan fingerprint density at radius 2 is 1.79 bits per heavy atom. The second-order valence-electron chi connectivity index (χ2n) is 5.18. The number of hydrogen-bond acceptors (Lipinski definition) is 4. The van der Waals surface area contributed by atoms with Crippen LogP contribution in [0.25, 0.3) is 28.4 Å². The lowest BCUT2D eigenvalue weighted by atomic mass is 10.1. The van der Waals surface area contributed by atoms with E-state index in [-0.39, 0.29) is 0 Å². The summed E-state index contributed by atoms with van der Waals surface area (Å²) in [5.41, 5.74) is 2.68. The Labute approximate surface area is 143 Å². The van der Waals surface area contributed by atoms with E-state index in [0.29, 0.717) is 16.6 Å². The summed E-state index contributed by atoms with van der Waals surface area (Å²) < 4.78 is 7.18. The van der Waals surface area contributed by atoms with E-state index in [0.717, 1.165) is 22.6 Å². The first kappa shape index (κ1) is 14.7. The summed E-state index contributed by atoms with van der Waals surface area (Å²) in [4.78, 5) is 8.82. The average molecular weight is 337 g/mol. The van der Waals surface area contributed by atoms with Gasteiger partial charge in [0.1, 0.15) is 5.75 Å². The molecule has 24 heavy (non-hydrogen) atoms. The van der Waals surface area contributed by atoms with Crippen molar-refractivity contribution in [3.63, 3.8) is 0 Å². The number of aromatic nitrogens is 4. The van der Waals surface area contributed by atoms with Crippen molar-refractivity contribution in [3.8, 4) is 28.4 Å². The van der Waals surface area contributed by atoms with Gasteiger partial charge >= 0.3 is 0 Å². The van der Waals surface area contributed by atoms with E-state index in [1.54, 1.807) is 17.8 Å². The highest BCUT2D eigenvalue weighted by Gasteiger charge is 2.13. The maximum absolute atomic E-state index is 5.94. The van der Waals surface area contributed by atoms with Crippen LogP contribution in [0.1, 0.15) is 0 Å². The quantitative estimate of drug-likeness (QED) is 0.564. The molecule has 0 N–H and O–H groups in total. The number of methoxy groups -OCH3 is 1. The number of fused-ring (bicyclic) bond motifs is 1. The van der Waals surface area contributed by atoms with Crippen LogP contribution in [-0.4, -0.2) is 26.7 Å². The van der Waals surface area contributed by atoms with Crippen molar-refractivity contribution in [3.05, 3.63) is 65.8 Å². The minimum atomic E-state index is 0.531. The largest absolute Gasteiger partial charge is 0.496 e. The van der Waals surface area contributed by atoms with E-state index in [2.05, 4.69) is 15.1 Å².